The van der Waals surface area contributed by atoms with Crippen LogP contribution >= 0.6 is 22.9 Å². The molecule has 2 rings (SSSR count). The number of fused-ring (bicyclic) bond motifs is 1. The molecule has 1 unspecified atom stereocenters. The summed E-state index contributed by atoms with van der Waals surface area (Å²) in [6.45, 7) is 0.566. The van der Waals surface area contributed by atoms with Gasteiger partial charge in [-0.1, -0.05) is 0 Å². The molecule has 1 N–H and O–H groups in total. The van der Waals surface area contributed by atoms with Crippen LogP contribution in [0.5, 0.6) is 0 Å². The van der Waals surface area contributed by atoms with Crippen molar-refractivity contribution < 1.29 is 4.79 Å². The van der Waals surface area contributed by atoms with Gasteiger partial charge in [0.25, 0.3) is 0 Å². The number of nitrogens with one attached hydrogen (secondary N) is 1. The Balaban J connectivity index is 2.08. The Morgan fingerprint density at radius 1 is 1.67 bits per heavy atom. The second-order valence-electron chi connectivity index (χ2n) is 3.72. The minimum Gasteiger partial charge on any atom is -0.354 e. The molecule has 0 aromatic carbocycles. The average Bonchev–Trinajstić information content (AvgIpc) is 2.73. The van der Waals surface area contributed by atoms with Crippen molar-refractivity contribution in [3.8, 4) is 0 Å². The maximum absolute atomic E-state index is 11.9. The summed E-state index contributed by atoms with van der Waals surface area (Å²) in [6, 6.07) is 2.09. The van der Waals surface area contributed by atoms with Crippen LogP contribution in [0.3, 0.4) is 0 Å². The Morgan fingerprint density at radius 3 is 3.33 bits per heavy atom. The highest BCUT2D eigenvalue weighted by Crippen LogP contribution is 2.34. The number of halogens is 1. The van der Waals surface area contributed by atoms with E-state index in [-0.39, 0.29) is 11.8 Å². The summed E-state index contributed by atoms with van der Waals surface area (Å²) in [4.78, 5) is 13.2. The molecule has 1 aromatic rings. The standard InChI is InChI=1S/C11H14ClNOS/c12-5-6-13-11(14)9-2-1-3-10-8(9)4-7-15-10/h4,7,9H,1-3,5-6H2,(H,13,14). The third-order valence-electron chi connectivity index (χ3n) is 2.76. The van der Waals surface area contributed by atoms with Gasteiger partial charge in [0.1, 0.15) is 0 Å². The molecule has 0 radical (unpaired) electrons. The zero-order valence-electron chi connectivity index (χ0n) is 8.46. The Labute approximate surface area is 98.6 Å². The second-order valence-corrected chi connectivity index (χ2v) is 5.10. The van der Waals surface area contributed by atoms with Gasteiger partial charge in [0.15, 0.2) is 0 Å². The molecule has 1 aliphatic rings. The van der Waals surface area contributed by atoms with E-state index in [0.29, 0.717) is 12.4 Å². The number of amides is 1. The van der Waals surface area contributed by atoms with Crippen LogP contribution in [0.2, 0.25) is 0 Å². The first-order valence-corrected chi connectivity index (χ1v) is 6.64. The van der Waals surface area contributed by atoms with E-state index in [0.717, 1.165) is 19.3 Å². The molecule has 0 spiro atoms. The lowest BCUT2D eigenvalue weighted by atomic mass is 9.87. The largest absolute Gasteiger partial charge is 0.354 e. The van der Waals surface area contributed by atoms with E-state index in [1.807, 2.05) is 0 Å². The van der Waals surface area contributed by atoms with Gasteiger partial charge in [-0.2, -0.15) is 0 Å². The fourth-order valence-electron chi connectivity index (χ4n) is 2.05. The number of carbonyl (C=O) groups excluding carboxylic acids is 1. The summed E-state index contributed by atoms with van der Waals surface area (Å²) in [5, 5.41) is 4.95. The number of alkyl halides is 1. The van der Waals surface area contributed by atoms with Crippen LogP contribution < -0.4 is 5.32 Å². The first kappa shape index (κ1) is 11.0. The quantitative estimate of drug-likeness (QED) is 0.813. The normalized spacial score (nSPS) is 19.7. The van der Waals surface area contributed by atoms with Crippen LogP contribution in [0, 0.1) is 0 Å². The fraction of sp³-hybridized carbons (Fsp3) is 0.545. The molecular weight excluding hydrogens is 230 g/mol. The van der Waals surface area contributed by atoms with Gasteiger partial charge in [-0.05, 0) is 36.3 Å². The van der Waals surface area contributed by atoms with Crippen molar-refractivity contribution in [3.05, 3.63) is 21.9 Å². The molecule has 0 fully saturated rings. The highest BCUT2D eigenvalue weighted by Gasteiger charge is 2.26. The molecule has 1 amide bonds. The number of aryl methyl sites for hydroxylation is 1. The van der Waals surface area contributed by atoms with E-state index in [1.165, 1.54) is 10.4 Å². The molecule has 0 saturated carbocycles. The van der Waals surface area contributed by atoms with Crippen LogP contribution in [0.25, 0.3) is 0 Å². The summed E-state index contributed by atoms with van der Waals surface area (Å²) >= 11 is 7.32. The molecule has 1 atom stereocenters. The molecule has 1 aliphatic carbocycles. The summed E-state index contributed by atoms with van der Waals surface area (Å²) in [6.07, 6.45) is 3.22. The van der Waals surface area contributed by atoms with E-state index < -0.39 is 0 Å². The maximum Gasteiger partial charge on any atom is 0.227 e. The second kappa shape index (κ2) is 4.99. The molecule has 0 saturated heterocycles. The minimum atomic E-state index is 0.0585. The maximum atomic E-state index is 11.9. The fourth-order valence-corrected chi connectivity index (χ4v) is 3.13. The summed E-state index contributed by atoms with van der Waals surface area (Å²) in [7, 11) is 0. The van der Waals surface area contributed by atoms with E-state index >= 15 is 0 Å². The van der Waals surface area contributed by atoms with Crippen molar-refractivity contribution in [2.45, 2.75) is 25.2 Å². The number of hydrogen-bond acceptors (Lipinski definition) is 2. The first-order chi connectivity index (χ1) is 7.33. The number of rotatable bonds is 3. The summed E-state index contributed by atoms with van der Waals surface area (Å²) in [5.74, 6) is 0.674. The van der Waals surface area contributed by atoms with E-state index in [1.54, 1.807) is 11.3 Å². The molecule has 1 heterocycles. The third-order valence-corrected chi connectivity index (χ3v) is 3.95. The lowest BCUT2D eigenvalue weighted by Gasteiger charge is -2.21. The Morgan fingerprint density at radius 2 is 2.53 bits per heavy atom. The predicted molar refractivity (Wildman–Crippen MR) is 63.7 cm³/mol. The monoisotopic (exact) mass is 243 g/mol. The first-order valence-electron chi connectivity index (χ1n) is 5.23. The zero-order valence-corrected chi connectivity index (χ0v) is 10.0. The average molecular weight is 244 g/mol. The van der Waals surface area contributed by atoms with Crippen LogP contribution in [-0.2, 0) is 11.2 Å². The molecule has 82 valence electrons. The molecule has 1 aromatic heterocycles. The summed E-state index contributed by atoms with van der Waals surface area (Å²) < 4.78 is 0. The zero-order chi connectivity index (χ0) is 10.7. The van der Waals surface area contributed by atoms with Crippen molar-refractivity contribution >= 4 is 28.8 Å². The van der Waals surface area contributed by atoms with Crippen molar-refractivity contribution in [1.29, 1.82) is 0 Å². The van der Waals surface area contributed by atoms with Crippen LogP contribution in [-0.4, -0.2) is 18.3 Å². The number of carbonyl (C=O) groups is 1. The van der Waals surface area contributed by atoms with Gasteiger partial charge in [-0.25, -0.2) is 0 Å². The van der Waals surface area contributed by atoms with Gasteiger partial charge in [-0.15, -0.1) is 22.9 Å². The minimum absolute atomic E-state index is 0.0585. The van der Waals surface area contributed by atoms with E-state index in [4.69, 9.17) is 11.6 Å². The van der Waals surface area contributed by atoms with Crippen LogP contribution in [0.15, 0.2) is 11.4 Å². The summed E-state index contributed by atoms with van der Waals surface area (Å²) in [5.41, 5.74) is 1.23. The lowest BCUT2D eigenvalue weighted by Crippen LogP contribution is -2.32. The highest BCUT2D eigenvalue weighted by molar-refractivity contribution is 7.10. The van der Waals surface area contributed by atoms with Gasteiger partial charge in [0.2, 0.25) is 5.91 Å². The van der Waals surface area contributed by atoms with Gasteiger partial charge < -0.3 is 5.32 Å². The van der Waals surface area contributed by atoms with Crippen molar-refractivity contribution in [2.75, 3.05) is 12.4 Å². The highest BCUT2D eigenvalue weighted by atomic mass is 35.5. The Kier molecular flexibility index (Phi) is 3.65. The van der Waals surface area contributed by atoms with Crippen molar-refractivity contribution in [3.63, 3.8) is 0 Å². The van der Waals surface area contributed by atoms with Crippen LogP contribution in [0.1, 0.15) is 29.2 Å². The van der Waals surface area contributed by atoms with Gasteiger partial charge in [0, 0.05) is 17.3 Å². The molecule has 0 bridgehead atoms. The number of hydrogen-bond donors (Lipinski definition) is 1. The van der Waals surface area contributed by atoms with Gasteiger partial charge in [-0.3, -0.25) is 4.79 Å². The van der Waals surface area contributed by atoms with E-state index in [2.05, 4.69) is 16.8 Å². The van der Waals surface area contributed by atoms with Crippen molar-refractivity contribution in [2.24, 2.45) is 0 Å². The SMILES string of the molecule is O=C(NCCCl)C1CCCc2sccc21. The topological polar surface area (TPSA) is 29.1 Å². The van der Waals surface area contributed by atoms with Crippen molar-refractivity contribution in [1.82, 2.24) is 5.32 Å². The van der Waals surface area contributed by atoms with E-state index in [9.17, 15) is 4.79 Å². The number of thiophene rings is 1. The lowest BCUT2D eigenvalue weighted by molar-refractivity contribution is -0.122. The molecule has 0 aliphatic heterocycles. The Bertz CT molecular complexity index is 350. The van der Waals surface area contributed by atoms with Gasteiger partial charge in [0.05, 0.1) is 5.92 Å². The molecule has 15 heavy (non-hydrogen) atoms. The smallest absolute Gasteiger partial charge is 0.227 e. The molecule has 4 heteroatoms. The van der Waals surface area contributed by atoms with Gasteiger partial charge >= 0.3 is 0 Å². The third kappa shape index (κ3) is 2.34. The predicted octanol–water partition coefficient (Wildman–Crippen LogP) is 2.52. The Hall–Kier alpha value is -0.540. The van der Waals surface area contributed by atoms with Crippen LogP contribution in [0.4, 0.5) is 0 Å². The molecule has 2 nitrogen and oxygen atoms in total. The molecular formula is C11H14ClNOS.